The molecule has 1 fully saturated rings. The highest BCUT2D eigenvalue weighted by Crippen LogP contribution is 2.27. The van der Waals surface area contributed by atoms with Crippen molar-refractivity contribution in [2.24, 2.45) is 5.73 Å². The molecule has 0 spiro atoms. The molecular formula is C9H14N4O2. The molecule has 3 N–H and O–H groups in total. The zero-order valence-corrected chi connectivity index (χ0v) is 8.40. The Labute approximate surface area is 87.2 Å². The van der Waals surface area contributed by atoms with E-state index in [0.717, 1.165) is 25.7 Å². The Bertz CT molecular complexity index is 330. The molecule has 1 saturated carbocycles. The molecule has 0 unspecified atom stereocenters. The van der Waals surface area contributed by atoms with Crippen molar-refractivity contribution < 1.29 is 9.32 Å². The van der Waals surface area contributed by atoms with E-state index in [2.05, 4.69) is 20.0 Å². The number of nitrogens with two attached hydrogens (primary N) is 1. The van der Waals surface area contributed by atoms with Crippen molar-refractivity contribution in [3.63, 3.8) is 0 Å². The van der Waals surface area contributed by atoms with Crippen LogP contribution in [0, 0.1) is 0 Å². The van der Waals surface area contributed by atoms with Crippen LogP contribution < -0.4 is 11.1 Å². The molecule has 82 valence electrons. The third kappa shape index (κ3) is 2.15. The predicted molar refractivity (Wildman–Crippen MR) is 51.5 cm³/mol. The summed E-state index contributed by atoms with van der Waals surface area (Å²) in [5.41, 5.74) is 5.28. The molecule has 0 atom stereocenters. The zero-order chi connectivity index (χ0) is 10.7. The van der Waals surface area contributed by atoms with Gasteiger partial charge in [-0.1, -0.05) is 18.0 Å². The van der Waals surface area contributed by atoms with E-state index in [4.69, 9.17) is 5.73 Å². The fourth-order valence-corrected chi connectivity index (χ4v) is 1.84. The Morgan fingerprint density at radius 1 is 1.60 bits per heavy atom. The Kier molecular flexibility index (Phi) is 2.68. The van der Waals surface area contributed by atoms with Gasteiger partial charge in [-0.25, -0.2) is 0 Å². The fourth-order valence-electron chi connectivity index (χ4n) is 1.84. The summed E-state index contributed by atoms with van der Waals surface area (Å²) in [4.78, 5) is 15.5. The monoisotopic (exact) mass is 210 g/mol. The van der Waals surface area contributed by atoms with Gasteiger partial charge in [0.2, 0.25) is 12.3 Å². The summed E-state index contributed by atoms with van der Waals surface area (Å²) in [5, 5.41) is 6.31. The summed E-state index contributed by atoms with van der Waals surface area (Å²) < 4.78 is 4.55. The van der Waals surface area contributed by atoms with Crippen molar-refractivity contribution in [3.8, 4) is 0 Å². The van der Waals surface area contributed by atoms with Crippen molar-refractivity contribution in [1.82, 2.24) is 15.5 Å². The van der Waals surface area contributed by atoms with Gasteiger partial charge in [-0.2, -0.15) is 4.98 Å². The summed E-state index contributed by atoms with van der Waals surface area (Å²) >= 11 is 0. The molecule has 15 heavy (non-hydrogen) atoms. The lowest BCUT2D eigenvalue weighted by Gasteiger charge is -2.21. The van der Waals surface area contributed by atoms with Crippen molar-refractivity contribution >= 4 is 5.91 Å². The number of aromatic nitrogens is 2. The molecular weight excluding hydrogens is 196 g/mol. The highest BCUT2D eigenvalue weighted by atomic mass is 16.5. The van der Waals surface area contributed by atoms with Crippen LogP contribution in [0.1, 0.15) is 31.5 Å². The molecule has 1 aromatic heterocycles. The van der Waals surface area contributed by atoms with Crippen molar-refractivity contribution in [1.29, 1.82) is 0 Å². The molecule has 1 aliphatic carbocycles. The molecule has 0 radical (unpaired) electrons. The van der Waals surface area contributed by atoms with E-state index in [0.29, 0.717) is 5.82 Å². The van der Waals surface area contributed by atoms with Gasteiger partial charge in [-0.05, 0) is 12.8 Å². The number of hydrogen-bond acceptors (Lipinski definition) is 5. The minimum atomic E-state index is -0.691. The number of rotatable bonds is 3. The SMILES string of the molecule is NC1(C(=O)NCc2ncon2)CCCC1. The highest BCUT2D eigenvalue weighted by molar-refractivity contribution is 5.86. The smallest absolute Gasteiger partial charge is 0.240 e. The number of hydrogen-bond donors (Lipinski definition) is 2. The lowest BCUT2D eigenvalue weighted by atomic mass is 9.98. The van der Waals surface area contributed by atoms with Gasteiger partial charge in [0.05, 0.1) is 12.1 Å². The van der Waals surface area contributed by atoms with Gasteiger partial charge in [0.1, 0.15) is 0 Å². The molecule has 6 heteroatoms. The second-order valence-corrected chi connectivity index (χ2v) is 3.89. The van der Waals surface area contributed by atoms with E-state index < -0.39 is 5.54 Å². The van der Waals surface area contributed by atoms with Crippen LogP contribution in [-0.4, -0.2) is 21.6 Å². The van der Waals surface area contributed by atoms with Gasteiger partial charge >= 0.3 is 0 Å². The first-order chi connectivity index (χ1) is 7.21. The first-order valence-corrected chi connectivity index (χ1v) is 5.03. The maximum atomic E-state index is 11.7. The molecule has 0 saturated heterocycles. The maximum Gasteiger partial charge on any atom is 0.240 e. The summed E-state index contributed by atoms with van der Waals surface area (Å²) in [6, 6.07) is 0. The summed E-state index contributed by atoms with van der Waals surface area (Å²) in [5.74, 6) is 0.342. The molecule has 1 aliphatic rings. The number of nitrogens with zero attached hydrogens (tertiary/aromatic N) is 2. The highest BCUT2D eigenvalue weighted by Gasteiger charge is 2.36. The third-order valence-electron chi connectivity index (χ3n) is 2.76. The average molecular weight is 210 g/mol. The van der Waals surface area contributed by atoms with Crippen LogP contribution in [0.25, 0.3) is 0 Å². The first kappa shape index (κ1) is 10.1. The molecule has 1 aromatic rings. The number of nitrogens with one attached hydrogen (secondary N) is 1. The van der Waals surface area contributed by atoms with E-state index in [1.165, 1.54) is 6.39 Å². The number of amides is 1. The van der Waals surface area contributed by atoms with Gasteiger partial charge in [-0.15, -0.1) is 0 Å². The van der Waals surface area contributed by atoms with E-state index in [9.17, 15) is 4.79 Å². The van der Waals surface area contributed by atoms with Crippen molar-refractivity contribution in [2.75, 3.05) is 0 Å². The normalized spacial score (nSPS) is 19.0. The van der Waals surface area contributed by atoms with Gasteiger partial charge in [0.15, 0.2) is 5.82 Å². The van der Waals surface area contributed by atoms with Gasteiger partial charge in [0.25, 0.3) is 0 Å². The standard InChI is InChI=1S/C9H14N4O2/c10-9(3-1-2-4-9)8(14)11-5-7-12-6-15-13-7/h6H,1-5,10H2,(H,11,14). The summed E-state index contributed by atoms with van der Waals surface area (Å²) in [7, 11) is 0. The van der Waals surface area contributed by atoms with Crippen molar-refractivity contribution in [2.45, 2.75) is 37.8 Å². The van der Waals surface area contributed by atoms with Crippen LogP contribution in [0.4, 0.5) is 0 Å². The maximum absolute atomic E-state index is 11.7. The Balaban J connectivity index is 1.87. The quantitative estimate of drug-likeness (QED) is 0.729. The van der Waals surface area contributed by atoms with E-state index >= 15 is 0 Å². The molecule has 6 nitrogen and oxygen atoms in total. The Morgan fingerprint density at radius 2 is 2.33 bits per heavy atom. The van der Waals surface area contributed by atoms with Gasteiger partial charge in [-0.3, -0.25) is 4.79 Å². The second-order valence-electron chi connectivity index (χ2n) is 3.89. The fraction of sp³-hybridized carbons (Fsp3) is 0.667. The lowest BCUT2D eigenvalue weighted by Crippen LogP contribution is -2.51. The largest absolute Gasteiger partial charge is 0.347 e. The lowest BCUT2D eigenvalue weighted by molar-refractivity contribution is -0.126. The molecule has 1 heterocycles. The minimum Gasteiger partial charge on any atom is -0.347 e. The molecule has 0 aromatic carbocycles. The Hall–Kier alpha value is -1.43. The molecule has 0 aliphatic heterocycles. The third-order valence-corrected chi connectivity index (χ3v) is 2.76. The molecule has 2 rings (SSSR count). The predicted octanol–water partition coefficient (Wildman–Crippen LogP) is -0.0427. The average Bonchev–Trinajstić information content (AvgIpc) is 2.85. The van der Waals surface area contributed by atoms with E-state index in [1.807, 2.05) is 0 Å². The van der Waals surface area contributed by atoms with Gasteiger partial charge < -0.3 is 15.6 Å². The van der Waals surface area contributed by atoms with Gasteiger partial charge in [0, 0.05) is 0 Å². The van der Waals surface area contributed by atoms with Crippen LogP contribution in [0.2, 0.25) is 0 Å². The Morgan fingerprint density at radius 3 is 2.93 bits per heavy atom. The van der Waals surface area contributed by atoms with Crippen LogP contribution in [0.5, 0.6) is 0 Å². The van der Waals surface area contributed by atoms with Crippen molar-refractivity contribution in [3.05, 3.63) is 12.2 Å². The second kappa shape index (κ2) is 3.98. The minimum absolute atomic E-state index is 0.121. The van der Waals surface area contributed by atoms with Crippen LogP contribution >= 0.6 is 0 Å². The molecule has 0 bridgehead atoms. The van der Waals surface area contributed by atoms with Crippen LogP contribution in [-0.2, 0) is 11.3 Å². The van der Waals surface area contributed by atoms with Crippen LogP contribution in [0.3, 0.4) is 0 Å². The summed E-state index contributed by atoms with van der Waals surface area (Å²) in [6.07, 6.45) is 4.78. The zero-order valence-electron chi connectivity index (χ0n) is 8.40. The van der Waals surface area contributed by atoms with E-state index in [-0.39, 0.29) is 12.5 Å². The summed E-state index contributed by atoms with van der Waals surface area (Å²) in [6.45, 7) is 0.272. The topological polar surface area (TPSA) is 94.0 Å². The van der Waals surface area contributed by atoms with Crippen LogP contribution in [0.15, 0.2) is 10.9 Å². The van der Waals surface area contributed by atoms with E-state index in [1.54, 1.807) is 0 Å². The molecule has 1 amide bonds. The number of carbonyl (C=O) groups excluding carboxylic acids is 1. The number of carbonyl (C=O) groups is 1. The first-order valence-electron chi connectivity index (χ1n) is 5.03.